The highest BCUT2D eigenvalue weighted by atomic mass is 19.1. The number of nitrogens with zero attached hydrogens (tertiary/aromatic N) is 2. The Kier molecular flexibility index (Phi) is 5.11. The number of carbonyl (C=O) groups is 1. The summed E-state index contributed by atoms with van der Waals surface area (Å²) in [6.07, 6.45) is 2.45. The van der Waals surface area contributed by atoms with Gasteiger partial charge in [0.25, 0.3) is 5.91 Å². The van der Waals surface area contributed by atoms with Gasteiger partial charge in [0.05, 0.1) is 6.20 Å². The predicted molar refractivity (Wildman–Crippen MR) is 104 cm³/mol. The summed E-state index contributed by atoms with van der Waals surface area (Å²) in [5.41, 5.74) is 1.09. The largest absolute Gasteiger partial charge is 0.436 e. The fourth-order valence-electron chi connectivity index (χ4n) is 2.84. The zero-order chi connectivity index (χ0) is 20.2. The molecule has 0 atom stereocenters. The van der Waals surface area contributed by atoms with Crippen LogP contribution in [0.2, 0.25) is 0 Å². The van der Waals surface area contributed by atoms with Crippen molar-refractivity contribution >= 4 is 16.8 Å². The van der Waals surface area contributed by atoms with Crippen molar-refractivity contribution in [1.29, 1.82) is 0 Å². The maximum absolute atomic E-state index is 14.0. The smallest absolute Gasteiger partial charge is 0.257 e. The molecule has 0 aliphatic rings. The molecule has 0 saturated carbocycles. The highest BCUT2D eigenvalue weighted by Gasteiger charge is 2.18. The molecule has 0 fully saturated rings. The molecule has 2 aromatic carbocycles. The molecule has 0 saturated heterocycles. The molecule has 0 radical (unpaired) electrons. The summed E-state index contributed by atoms with van der Waals surface area (Å²) in [6, 6.07) is 16.1. The van der Waals surface area contributed by atoms with Crippen molar-refractivity contribution in [3.63, 3.8) is 0 Å². The van der Waals surface area contributed by atoms with Crippen LogP contribution in [0.15, 0.2) is 73.1 Å². The van der Waals surface area contributed by atoms with Gasteiger partial charge in [-0.3, -0.25) is 9.78 Å². The molecule has 0 spiro atoms. The number of benzene rings is 2. The van der Waals surface area contributed by atoms with Gasteiger partial charge in [-0.1, -0.05) is 30.3 Å². The summed E-state index contributed by atoms with van der Waals surface area (Å²) in [5, 5.41) is 2.98. The molecule has 1 N–H and O–H groups in total. The van der Waals surface area contributed by atoms with E-state index in [1.54, 1.807) is 12.1 Å². The first-order chi connectivity index (χ1) is 14.1. The molecule has 7 heteroatoms. The number of hydrogen-bond acceptors (Lipinski definition) is 4. The first-order valence-electron chi connectivity index (χ1n) is 8.80. The first-order valence-corrected chi connectivity index (χ1v) is 8.80. The Hall–Kier alpha value is -3.87. The minimum absolute atomic E-state index is 0.0747. The summed E-state index contributed by atoms with van der Waals surface area (Å²) >= 11 is 0. The number of nitrogens with one attached hydrogen (secondary N) is 1. The van der Waals surface area contributed by atoms with Gasteiger partial charge in [0.15, 0.2) is 5.75 Å². The lowest BCUT2D eigenvalue weighted by Gasteiger charge is -2.12. The van der Waals surface area contributed by atoms with Crippen LogP contribution in [-0.4, -0.2) is 15.9 Å². The predicted octanol–water partition coefficient (Wildman–Crippen LogP) is 4.63. The third-order valence-electron chi connectivity index (χ3n) is 4.24. The van der Waals surface area contributed by atoms with Crippen molar-refractivity contribution in [2.45, 2.75) is 6.54 Å². The van der Waals surface area contributed by atoms with E-state index in [-0.39, 0.29) is 34.6 Å². The Labute approximate surface area is 165 Å². The Morgan fingerprint density at radius 3 is 2.66 bits per heavy atom. The van der Waals surface area contributed by atoms with Gasteiger partial charge in [0, 0.05) is 18.1 Å². The van der Waals surface area contributed by atoms with Gasteiger partial charge in [-0.2, -0.15) is 0 Å². The van der Waals surface area contributed by atoms with Crippen LogP contribution in [-0.2, 0) is 6.54 Å². The Balaban J connectivity index is 1.64. The minimum atomic E-state index is -0.677. The lowest BCUT2D eigenvalue weighted by Crippen LogP contribution is -2.23. The van der Waals surface area contributed by atoms with E-state index in [0.717, 1.165) is 17.8 Å². The van der Waals surface area contributed by atoms with Crippen molar-refractivity contribution < 1.29 is 18.3 Å². The number of pyridine rings is 2. The van der Waals surface area contributed by atoms with Crippen molar-refractivity contribution in [1.82, 2.24) is 15.3 Å². The Morgan fingerprint density at radius 1 is 1.00 bits per heavy atom. The van der Waals surface area contributed by atoms with Crippen molar-refractivity contribution in [3.05, 3.63) is 95.8 Å². The van der Waals surface area contributed by atoms with Gasteiger partial charge in [-0.25, -0.2) is 13.8 Å². The second kappa shape index (κ2) is 8.02. The number of halogens is 2. The SMILES string of the molecule is O=C(NCc1ccccc1)c1cc(F)cnc1Oc1ccc(F)c2cccnc12. The zero-order valence-corrected chi connectivity index (χ0v) is 15.1. The van der Waals surface area contributed by atoms with Crippen LogP contribution in [0.4, 0.5) is 8.78 Å². The highest BCUT2D eigenvalue weighted by Crippen LogP contribution is 2.30. The molecule has 0 bridgehead atoms. The molecule has 4 rings (SSSR count). The van der Waals surface area contributed by atoms with Crippen molar-refractivity contribution in [2.75, 3.05) is 0 Å². The standard InChI is InChI=1S/C22H15F2N3O2/c23-15-11-17(21(28)26-12-14-5-2-1-3-6-14)22(27-13-15)29-19-9-8-18(24)16-7-4-10-25-20(16)19/h1-11,13H,12H2,(H,26,28). The molecule has 0 aliphatic heterocycles. The number of ether oxygens (including phenoxy) is 1. The molecule has 4 aromatic rings. The second-order valence-corrected chi connectivity index (χ2v) is 6.22. The molecule has 29 heavy (non-hydrogen) atoms. The molecule has 2 aromatic heterocycles. The molecular weight excluding hydrogens is 376 g/mol. The van der Waals surface area contributed by atoms with Gasteiger partial charge in [0.1, 0.15) is 22.7 Å². The molecule has 5 nitrogen and oxygen atoms in total. The van der Waals surface area contributed by atoms with E-state index in [9.17, 15) is 13.6 Å². The number of aromatic nitrogens is 2. The van der Waals surface area contributed by atoms with E-state index < -0.39 is 17.5 Å². The normalized spacial score (nSPS) is 10.7. The summed E-state index contributed by atoms with van der Waals surface area (Å²) in [4.78, 5) is 20.7. The average molecular weight is 391 g/mol. The van der Waals surface area contributed by atoms with Crippen LogP contribution in [0.25, 0.3) is 10.9 Å². The average Bonchev–Trinajstić information content (AvgIpc) is 2.76. The summed E-state index contributed by atoms with van der Waals surface area (Å²) < 4.78 is 33.5. The van der Waals surface area contributed by atoms with E-state index in [1.165, 1.54) is 18.3 Å². The number of fused-ring (bicyclic) bond motifs is 1. The Bertz CT molecular complexity index is 1180. The second-order valence-electron chi connectivity index (χ2n) is 6.22. The van der Waals surface area contributed by atoms with E-state index in [0.29, 0.717) is 0 Å². The molecule has 2 heterocycles. The molecule has 144 valence electrons. The lowest BCUT2D eigenvalue weighted by molar-refractivity contribution is 0.0947. The van der Waals surface area contributed by atoms with Gasteiger partial charge >= 0.3 is 0 Å². The minimum Gasteiger partial charge on any atom is -0.436 e. The van der Waals surface area contributed by atoms with Crippen LogP contribution in [0.5, 0.6) is 11.6 Å². The van der Waals surface area contributed by atoms with Crippen molar-refractivity contribution in [2.24, 2.45) is 0 Å². The van der Waals surface area contributed by atoms with Crippen LogP contribution in [0.1, 0.15) is 15.9 Å². The van der Waals surface area contributed by atoms with Gasteiger partial charge in [0.2, 0.25) is 5.88 Å². The van der Waals surface area contributed by atoms with Gasteiger partial charge < -0.3 is 10.1 Å². The monoisotopic (exact) mass is 391 g/mol. The maximum atomic E-state index is 14.0. The van der Waals surface area contributed by atoms with E-state index in [2.05, 4.69) is 15.3 Å². The third-order valence-corrected chi connectivity index (χ3v) is 4.24. The van der Waals surface area contributed by atoms with Gasteiger partial charge in [-0.15, -0.1) is 0 Å². The summed E-state index contributed by atoms with van der Waals surface area (Å²) in [5.74, 6) is -1.57. The third kappa shape index (κ3) is 4.03. The topological polar surface area (TPSA) is 64.1 Å². The van der Waals surface area contributed by atoms with E-state index in [4.69, 9.17) is 4.74 Å². The van der Waals surface area contributed by atoms with E-state index >= 15 is 0 Å². The number of carbonyl (C=O) groups excluding carboxylic acids is 1. The fraction of sp³-hybridized carbons (Fsp3) is 0.0455. The molecule has 1 amide bonds. The van der Waals surface area contributed by atoms with Crippen LogP contribution >= 0.6 is 0 Å². The number of hydrogen-bond donors (Lipinski definition) is 1. The quantitative estimate of drug-likeness (QED) is 0.539. The number of amides is 1. The van der Waals surface area contributed by atoms with Crippen LogP contribution in [0.3, 0.4) is 0 Å². The maximum Gasteiger partial charge on any atom is 0.257 e. The van der Waals surface area contributed by atoms with Crippen LogP contribution < -0.4 is 10.1 Å². The lowest BCUT2D eigenvalue weighted by atomic mass is 10.2. The molecule has 0 aliphatic carbocycles. The summed E-state index contributed by atoms with van der Waals surface area (Å²) in [6.45, 7) is 0.261. The van der Waals surface area contributed by atoms with Crippen molar-refractivity contribution in [3.8, 4) is 11.6 Å². The van der Waals surface area contributed by atoms with E-state index in [1.807, 2.05) is 30.3 Å². The fourth-order valence-corrected chi connectivity index (χ4v) is 2.84. The van der Waals surface area contributed by atoms with Gasteiger partial charge in [-0.05, 0) is 35.9 Å². The molecular formula is C22H15F2N3O2. The van der Waals surface area contributed by atoms with Crippen LogP contribution in [0, 0.1) is 11.6 Å². The molecule has 0 unspecified atom stereocenters. The summed E-state index contributed by atoms with van der Waals surface area (Å²) in [7, 11) is 0. The Morgan fingerprint density at radius 2 is 1.83 bits per heavy atom. The number of rotatable bonds is 5. The highest BCUT2D eigenvalue weighted by molar-refractivity contribution is 5.96. The zero-order valence-electron chi connectivity index (χ0n) is 15.1. The first kappa shape index (κ1) is 18.5.